The summed E-state index contributed by atoms with van der Waals surface area (Å²) in [5, 5.41) is 5.27. The Morgan fingerprint density at radius 3 is 2.56 bits per heavy atom. The van der Waals surface area contributed by atoms with E-state index < -0.39 is 0 Å². The lowest BCUT2D eigenvalue weighted by atomic mass is 10.0. The standard InChI is InChI=1S/C16H10IN/c17-11-6-8-14-13(9-11)16-12-4-2-1-3-10(12)5-7-15(16)18-14/h1-9,18H. The highest BCUT2D eigenvalue weighted by molar-refractivity contribution is 14.1. The number of nitrogens with one attached hydrogen (secondary N) is 1. The minimum atomic E-state index is 1.21. The van der Waals surface area contributed by atoms with Crippen LogP contribution in [0.4, 0.5) is 0 Å². The van der Waals surface area contributed by atoms with Crippen molar-refractivity contribution in [2.24, 2.45) is 0 Å². The molecule has 0 aliphatic carbocycles. The largest absolute Gasteiger partial charge is 0.354 e. The van der Waals surface area contributed by atoms with Gasteiger partial charge in [-0.3, -0.25) is 0 Å². The number of benzene rings is 3. The molecule has 4 rings (SSSR count). The molecule has 1 aromatic heterocycles. The van der Waals surface area contributed by atoms with E-state index in [9.17, 15) is 0 Å². The van der Waals surface area contributed by atoms with Gasteiger partial charge in [0.2, 0.25) is 0 Å². The van der Waals surface area contributed by atoms with E-state index in [4.69, 9.17) is 0 Å². The molecular weight excluding hydrogens is 333 g/mol. The van der Waals surface area contributed by atoms with Crippen LogP contribution in [0.2, 0.25) is 0 Å². The minimum Gasteiger partial charge on any atom is -0.354 e. The molecule has 0 saturated carbocycles. The quantitative estimate of drug-likeness (QED) is 0.429. The van der Waals surface area contributed by atoms with Crippen molar-refractivity contribution in [3.63, 3.8) is 0 Å². The normalized spacial score (nSPS) is 11.6. The lowest BCUT2D eigenvalue weighted by Crippen LogP contribution is -1.74. The van der Waals surface area contributed by atoms with Crippen molar-refractivity contribution in [1.82, 2.24) is 4.98 Å². The molecule has 0 aliphatic rings. The first-order valence-electron chi connectivity index (χ1n) is 5.92. The summed E-state index contributed by atoms with van der Waals surface area (Å²) in [7, 11) is 0. The van der Waals surface area contributed by atoms with Crippen LogP contribution >= 0.6 is 22.6 Å². The second-order valence-corrected chi connectivity index (χ2v) is 5.77. The van der Waals surface area contributed by atoms with E-state index in [1.807, 2.05) is 0 Å². The fourth-order valence-corrected chi connectivity index (χ4v) is 3.13. The van der Waals surface area contributed by atoms with Crippen LogP contribution in [0.1, 0.15) is 0 Å². The third-order valence-corrected chi connectivity index (χ3v) is 4.12. The molecule has 0 fully saturated rings. The van der Waals surface area contributed by atoms with Gasteiger partial charge in [-0.25, -0.2) is 0 Å². The fourth-order valence-electron chi connectivity index (χ4n) is 2.64. The van der Waals surface area contributed by atoms with Crippen LogP contribution in [0.25, 0.3) is 32.6 Å². The molecular formula is C16H10IN. The van der Waals surface area contributed by atoms with Crippen molar-refractivity contribution in [2.45, 2.75) is 0 Å². The van der Waals surface area contributed by atoms with Crippen LogP contribution < -0.4 is 0 Å². The fraction of sp³-hybridized carbons (Fsp3) is 0. The van der Waals surface area contributed by atoms with Crippen LogP contribution in [-0.2, 0) is 0 Å². The van der Waals surface area contributed by atoms with Gasteiger partial charge in [0.25, 0.3) is 0 Å². The summed E-state index contributed by atoms with van der Waals surface area (Å²) in [6.45, 7) is 0. The van der Waals surface area contributed by atoms with E-state index in [2.05, 4.69) is 82.2 Å². The summed E-state index contributed by atoms with van der Waals surface area (Å²) in [6, 6.07) is 19.5. The van der Waals surface area contributed by atoms with Crippen LogP contribution in [-0.4, -0.2) is 4.98 Å². The topological polar surface area (TPSA) is 15.8 Å². The van der Waals surface area contributed by atoms with Crippen LogP contribution in [0.3, 0.4) is 0 Å². The highest BCUT2D eigenvalue weighted by Gasteiger charge is 2.07. The minimum absolute atomic E-state index is 1.21. The van der Waals surface area contributed by atoms with Crippen molar-refractivity contribution in [3.8, 4) is 0 Å². The van der Waals surface area contributed by atoms with Gasteiger partial charge in [0, 0.05) is 25.4 Å². The predicted octanol–water partition coefficient (Wildman–Crippen LogP) is 5.08. The maximum Gasteiger partial charge on any atom is 0.0471 e. The van der Waals surface area contributed by atoms with E-state index in [1.54, 1.807) is 0 Å². The number of aromatic amines is 1. The van der Waals surface area contributed by atoms with E-state index in [1.165, 1.54) is 36.1 Å². The first-order chi connectivity index (χ1) is 8.83. The van der Waals surface area contributed by atoms with Gasteiger partial charge in [-0.2, -0.15) is 0 Å². The zero-order valence-corrected chi connectivity index (χ0v) is 11.7. The molecule has 0 atom stereocenters. The smallest absolute Gasteiger partial charge is 0.0471 e. The van der Waals surface area contributed by atoms with Crippen molar-refractivity contribution in [1.29, 1.82) is 0 Å². The Balaban J connectivity index is 2.35. The Morgan fingerprint density at radius 1 is 0.778 bits per heavy atom. The number of fused-ring (bicyclic) bond motifs is 5. The van der Waals surface area contributed by atoms with Crippen molar-refractivity contribution in [3.05, 3.63) is 58.2 Å². The molecule has 2 heteroatoms. The number of hydrogen-bond donors (Lipinski definition) is 1. The molecule has 86 valence electrons. The van der Waals surface area contributed by atoms with Crippen LogP contribution in [0.5, 0.6) is 0 Å². The van der Waals surface area contributed by atoms with Gasteiger partial charge >= 0.3 is 0 Å². The highest BCUT2D eigenvalue weighted by Crippen LogP contribution is 2.32. The summed E-state index contributed by atoms with van der Waals surface area (Å²) in [6.07, 6.45) is 0. The Morgan fingerprint density at radius 2 is 1.61 bits per heavy atom. The molecule has 1 N–H and O–H groups in total. The molecule has 3 aromatic carbocycles. The summed E-state index contributed by atoms with van der Waals surface area (Å²) in [5.74, 6) is 0. The molecule has 1 heterocycles. The molecule has 1 nitrogen and oxygen atoms in total. The Labute approximate surface area is 118 Å². The summed E-state index contributed by atoms with van der Waals surface area (Å²) < 4.78 is 1.27. The predicted molar refractivity (Wildman–Crippen MR) is 86.0 cm³/mol. The monoisotopic (exact) mass is 343 g/mol. The van der Waals surface area contributed by atoms with Gasteiger partial charge in [-0.1, -0.05) is 30.3 Å². The third-order valence-electron chi connectivity index (χ3n) is 3.45. The summed E-state index contributed by atoms with van der Waals surface area (Å²) in [5.41, 5.74) is 2.42. The van der Waals surface area contributed by atoms with E-state index in [-0.39, 0.29) is 0 Å². The summed E-state index contributed by atoms with van der Waals surface area (Å²) >= 11 is 2.37. The molecule has 0 spiro atoms. The Kier molecular flexibility index (Phi) is 2.14. The summed E-state index contributed by atoms with van der Waals surface area (Å²) in [4.78, 5) is 3.49. The van der Waals surface area contributed by atoms with Gasteiger partial charge < -0.3 is 4.98 Å². The molecule has 0 unspecified atom stereocenters. The maximum absolute atomic E-state index is 3.49. The second kappa shape index (κ2) is 3.72. The second-order valence-electron chi connectivity index (χ2n) is 4.52. The first kappa shape index (κ1) is 10.4. The number of hydrogen-bond acceptors (Lipinski definition) is 0. The average Bonchev–Trinajstić information content (AvgIpc) is 2.77. The first-order valence-corrected chi connectivity index (χ1v) is 6.99. The van der Waals surface area contributed by atoms with E-state index in [0.29, 0.717) is 0 Å². The Hall–Kier alpha value is -1.55. The number of halogens is 1. The lowest BCUT2D eigenvalue weighted by Gasteiger charge is -1.99. The van der Waals surface area contributed by atoms with Crippen molar-refractivity contribution in [2.75, 3.05) is 0 Å². The molecule has 0 bridgehead atoms. The van der Waals surface area contributed by atoms with Crippen molar-refractivity contribution >= 4 is 55.2 Å². The molecule has 18 heavy (non-hydrogen) atoms. The maximum atomic E-state index is 3.49. The number of H-pyrrole nitrogens is 1. The van der Waals surface area contributed by atoms with E-state index >= 15 is 0 Å². The highest BCUT2D eigenvalue weighted by atomic mass is 127. The molecule has 0 aliphatic heterocycles. The molecule has 0 amide bonds. The lowest BCUT2D eigenvalue weighted by molar-refractivity contribution is 1.54. The van der Waals surface area contributed by atoms with Gasteiger partial charge in [0.1, 0.15) is 0 Å². The van der Waals surface area contributed by atoms with Crippen molar-refractivity contribution < 1.29 is 0 Å². The van der Waals surface area contributed by atoms with E-state index in [0.717, 1.165) is 0 Å². The SMILES string of the molecule is Ic1ccc2[nH]c3ccc4ccccc4c3c2c1. The van der Waals surface area contributed by atoms with Gasteiger partial charge in [0.15, 0.2) is 0 Å². The van der Waals surface area contributed by atoms with Crippen LogP contribution in [0.15, 0.2) is 54.6 Å². The van der Waals surface area contributed by atoms with Crippen LogP contribution in [0, 0.1) is 3.57 Å². The zero-order valence-electron chi connectivity index (χ0n) is 9.57. The Bertz CT molecular complexity index is 889. The zero-order chi connectivity index (χ0) is 12.1. The molecule has 4 aromatic rings. The third kappa shape index (κ3) is 1.38. The number of rotatable bonds is 0. The van der Waals surface area contributed by atoms with Gasteiger partial charge in [0.05, 0.1) is 0 Å². The molecule has 0 saturated heterocycles. The van der Waals surface area contributed by atoms with Gasteiger partial charge in [-0.05, 0) is 57.6 Å². The number of aromatic nitrogens is 1. The average molecular weight is 343 g/mol. The van der Waals surface area contributed by atoms with Gasteiger partial charge in [-0.15, -0.1) is 0 Å². The molecule has 0 radical (unpaired) electrons.